The maximum Gasteiger partial charge on any atom is 0.262 e. The fourth-order valence-electron chi connectivity index (χ4n) is 2.42. The predicted molar refractivity (Wildman–Crippen MR) is 97.6 cm³/mol. The minimum Gasteiger partial charge on any atom is -0.332 e. The van der Waals surface area contributed by atoms with E-state index in [1.807, 2.05) is 0 Å². The van der Waals surface area contributed by atoms with E-state index in [1.165, 1.54) is 0 Å². The number of anilines is 1. The Kier molecular flexibility index (Phi) is 4.78. The van der Waals surface area contributed by atoms with Crippen molar-refractivity contribution in [3.63, 3.8) is 0 Å². The first-order valence-electron chi connectivity index (χ1n) is 7.27. The van der Waals surface area contributed by atoms with Gasteiger partial charge >= 0.3 is 0 Å². The number of nitrogens with one attached hydrogen (secondary N) is 2. The van der Waals surface area contributed by atoms with Gasteiger partial charge in [-0.25, -0.2) is 0 Å². The number of benzene rings is 2. The van der Waals surface area contributed by atoms with Crippen molar-refractivity contribution in [2.75, 3.05) is 11.9 Å². The number of hydrogen-bond donors (Lipinski definition) is 2. The van der Waals surface area contributed by atoms with Gasteiger partial charge in [0.05, 0.1) is 11.1 Å². The van der Waals surface area contributed by atoms with E-state index in [2.05, 4.69) is 10.6 Å². The third-order valence-electron chi connectivity index (χ3n) is 3.52. The molecule has 8 heteroatoms. The van der Waals surface area contributed by atoms with Crippen LogP contribution in [0.25, 0.3) is 0 Å². The smallest absolute Gasteiger partial charge is 0.262 e. The summed E-state index contributed by atoms with van der Waals surface area (Å²) in [6, 6.07) is 13.2. The molecule has 0 fully saturated rings. The van der Waals surface area contributed by atoms with E-state index < -0.39 is 24.3 Å². The highest BCUT2D eigenvalue weighted by atomic mass is 35.5. The quantitative estimate of drug-likeness (QED) is 0.638. The molecule has 25 heavy (non-hydrogen) atoms. The van der Waals surface area contributed by atoms with Crippen LogP contribution in [0.5, 0.6) is 0 Å². The number of amides is 3. The number of fused-ring (bicyclic) bond motifs is 1. The van der Waals surface area contributed by atoms with Crippen molar-refractivity contribution in [2.24, 2.45) is 0 Å². The zero-order valence-electron chi connectivity index (χ0n) is 12.8. The molecule has 3 amide bonds. The first kappa shape index (κ1) is 17.1. The molecule has 0 aromatic heterocycles. The van der Waals surface area contributed by atoms with Crippen LogP contribution >= 0.6 is 23.8 Å². The van der Waals surface area contributed by atoms with E-state index in [9.17, 15) is 14.4 Å². The van der Waals surface area contributed by atoms with Gasteiger partial charge in [0.1, 0.15) is 6.54 Å². The summed E-state index contributed by atoms with van der Waals surface area (Å²) < 4.78 is 0. The molecule has 0 bridgehead atoms. The first-order valence-corrected chi connectivity index (χ1v) is 8.06. The Morgan fingerprint density at radius 3 is 2.28 bits per heavy atom. The normalized spacial score (nSPS) is 12.8. The van der Waals surface area contributed by atoms with Crippen LogP contribution < -0.4 is 10.6 Å². The van der Waals surface area contributed by atoms with Crippen LogP contribution in [0.3, 0.4) is 0 Å². The van der Waals surface area contributed by atoms with Crippen molar-refractivity contribution in [3.8, 4) is 0 Å². The second-order valence-corrected chi connectivity index (χ2v) is 6.10. The largest absolute Gasteiger partial charge is 0.332 e. The highest BCUT2D eigenvalue weighted by molar-refractivity contribution is 7.80. The molecular weight excluding hydrogens is 362 g/mol. The molecule has 0 aliphatic carbocycles. The average Bonchev–Trinajstić information content (AvgIpc) is 2.80. The Balaban J connectivity index is 1.61. The molecule has 2 aromatic carbocycles. The number of thiocarbonyl (C=S) groups is 1. The molecule has 0 saturated heterocycles. The summed E-state index contributed by atoms with van der Waals surface area (Å²) in [4.78, 5) is 37.4. The molecule has 1 heterocycles. The molecular formula is C17H12ClN3O3S. The van der Waals surface area contributed by atoms with Gasteiger partial charge in [0.15, 0.2) is 5.11 Å². The zero-order chi connectivity index (χ0) is 18.0. The van der Waals surface area contributed by atoms with Crippen LogP contribution in [-0.4, -0.2) is 34.3 Å². The summed E-state index contributed by atoms with van der Waals surface area (Å²) in [7, 11) is 0. The van der Waals surface area contributed by atoms with Gasteiger partial charge < -0.3 is 10.6 Å². The number of imide groups is 1. The number of nitrogens with zero attached hydrogens (tertiary/aromatic N) is 1. The van der Waals surface area contributed by atoms with E-state index >= 15 is 0 Å². The monoisotopic (exact) mass is 373 g/mol. The molecule has 126 valence electrons. The number of carbonyl (C=O) groups excluding carboxylic acids is 3. The minimum absolute atomic E-state index is 0.0453. The van der Waals surface area contributed by atoms with Gasteiger partial charge in [0.2, 0.25) is 5.91 Å². The van der Waals surface area contributed by atoms with Gasteiger partial charge in [-0.1, -0.05) is 29.8 Å². The maximum absolute atomic E-state index is 12.2. The standard InChI is InChI=1S/C17H12ClN3O3S/c18-10-4-3-5-11(8-10)19-17(25)20-14(22)9-21-15(23)12-6-1-2-7-13(12)16(21)24/h1-8H,9H2,(H2,19,20,22,25). The van der Waals surface area contributed by atoms with Crippen LogP contribution in [0, 0.1) is 0 Å². The van der Waals surface area contributed by atoms with Gasteiger partial charge in [-0.2, -0.15) is 0 Å². The van der Waals surface area contributed by atoms with Crippen LogP contribution in [0.4, 0.5) is 5.69 Å². The third kappa shape index (κ3) is 3.67. The maximum atomic E-state index is 12.2. The Morgan fingerprint density at radius 2 is 1.68 bits per heavy atom. The van der Waals surface area contributed by atoms with Gasteiger partial charge in [0, 0.05) is 10.7 Å². The average molecular weight is 374 g/mol. The number of hydrogen-bond acceptors (Lipinski definition) is 4. The second-order valence-electron chi connectivity index (χ2n) is 5.25. The summed E-state index contributed by atoms with van der Waals surface area (Å²) in [6.07, 6.45) is 0. The van der Waals surface area contributed by atoms with Crippen LogP contribution in [0.1, 0.15) is 20.7 Å². The minimum atomic E-state index is -0.575. The highest BCUT2D eigenvalue weighted by Crippen LogP contribution is 2.21. The lowest BCUT2D eigenvalue weighted by Gasteiger charge is -2.14. The summed E-state index contributed by atoms with van der Waals surface area (Å²) in [6.45, 7) is -0.413. The Morgan fingerprint density at radius 1 is 1.04 bits per heavy atom. The Hall–Kier alpha value is -2.77. The van der Waals surface area contributed by atoms with E-state index in [0.29, 0.717) is 21.8 Å². The zero-order valence-corrected chi connectivity index (χ0v) is 14.4. The van der Waals surface area contributed by atoms with Crippen LogP contribution in [-0.2, 0) is 4.79 Å². The molecule has 0 saturated carbocycles. The van der Waals surface area contributed by atoms with E-state index in [0.717, 1.165) is 4.90 Å². The SMILES string of the molecule is O=C(CN1C(=O)c2ccccc2C1=O)NC(=S)Nc1cccc(Cl)c1. The molecule has 2 N–H and O–H groups in total. The third-order valence-corrected chi connectivity index (χ3v) is 3.95. The first-order chi connectivity index (χ1) is 12.0. The molecule has 0 unspecified atom stereocenters. The fourth-order valence-corrected chi connectivity index (χ4v) is 2.84. The lowest BCUT2D eigenvalue weighted by molar-refractivity contribution is -0.120. The lowest BCUT2D eigenvalue weighted by atomic mass is 10.1. The molecule has 6 nitrogen and oxygen atoms in total. The summed E-state index contributed by atoms with van der Waals surface area (Å²) in [5, 5.41) is 5.80. The molecule has 3 rings (SSSR count). The van der Waals surface area contributed by atoms with Gasteiger partial charge in [-0.15, -0.1) is 0 Å². The van der Waals surface area contributed by atoms with Gasteiger partial charge in [0.25, 0.3) is 11.8 Å². The molecule has 1 aliphatic rings. The van der Waals surface area contributed by atoms with Crippen molar-refractivity contribution in [1.82, 2.24) is 10.2 Å². The molecule has 0 atom stereocenters. The van der Waals surface area contributed by atoms with Crippen molar-refractivity contribution >= 4 is 52.3 Å². The van der Waals surface area contributed by atoms with E-state index in [4.69, 9.17) is 23.8 Å². The fraction of sp³-hybridized carbons (Fsp3) is 0.0588. The summed E-state index contributed by atoms with van der Waals surface area (Å²) in [5.41, 5.74) is 1.19. The predicted octanol–water partition coefficient (Wildman–Crippen LogP) is 2.45. The number of carbonyl (C=O) groups is 3. The molecule has 1 aliphatic heterocycles. The van der Waals surface area contributed by atoms with Crippen LogP contribution in [0.15, 0.2) is 48.5 Å². The number of rotatable bonds is 3. The van der Waals surface area contributed by atoms with Gasteiger partial charge in [-0.3, -0.25) is 19.3 Å². The molecule has 0 radical (unpaired) electrons. The van der Waals surface area contributed by atoms with Crippen molar-refractivity contribution < 1.29 is 14.4 Å². The summed E-state index contributed by atoms with van der Waals surface area (Å²) in [5.74, 6) is -1.57. The van der Waals surface area contributed by atoms with E-state index in [-0.39, 0.29) is 5.11 Å². The second kappa shape index (κ2) is 7.00. The van der Waals surface area contributed by atoms with Gasteiger partial charge in [-0.05, 0) is 42.5 Å². The topological polar surface area (TPSA) is 78.5 Å². The molecule has 2 aromatic rings. The Bertz CT molecular complexity index is 865. The van der Waals surface area contributed by atoms with E-state index in [1.54, 1.807) is 48.5 Å². The van der Waals surface area contributed by atoms with Crippen molar-refractivity contribution in [1.29, 1.82) is 0 Å². The summed E-state index contributed by atoms with van der Waals surface area (Å²) >= 11 is 10.9. The molecule has 0 spiro atoms. The lowest BCUT2D eigenvalue weighted by Crippen LogP contribution is -2.43. The van der Waals surface area contributed by atoms with Crippen molar-refractivity contribution in [2.45, 2.75) is 0 Å². The highest BCUT2D eigenvalue weighted by Gasteiger charge is 2.36. The number of halogens is 1. The van der Waals surface area contributed by atoms with Crippen LogP contribution in [0.2, 0.25) is 5.02 Å². The Labute approximate surface area is 153 Å². The van der Waals surface area contributed by atoms with Crippen molar-refractivity contribution in [3.05, 3.63) is 64.7 Å².